The molecule has 0 radical (unpaired) electrons. The van der Waals surface area contributed by atoms with E-state index in [1.807, 2.05) is 6.92 Å². The van der Waals surface area contributed by atoms with E-state index in [0.29, 0.717) is 13.2 Å². The summed E-state index contributed by atoms with van der Waals surface area (Å²) in [5.41, 5.74) is -0.742. The van der Waals surface area contributed by atoms with Crippen LogP contribution in [0.15, 0.2) is 18.2 Å². The maximum atomic E-state index is 11.2. The lowest BCUT2D eigenvalue weighted by molar-refractivity contribution is -0.384. The van der Waals surface area contributed by atoms with Crippen LogP contribution in [0.4, 0.5) is 11.4 Å². The van der Waals surface area contributed by atoms with Gasteiger partial charge in [-0.2, -0.15) is 0 Å². The largest absolute Gasteiger partial charge is 0.478 e. The number of nitrogens with zero attached hydrogens (tertiary/aromatic N) is 1. The van der Waals surface area contributed by atoms with Crippen molar-refractivity contribution in [1.82, 2.24) is 0 Å². The first-order chi connectivity index (χ1) is 9.43. The number of anilines is 1. The van der Waals surface area contributed by atoms with Gasteiger partial charge in [0.2, 0.25) is 0 Å². The quantitative estimate of drug-likeness (QED) is 0.633. The Morgan fingerprint density at radius 1 is 1.60 bits per heavy atom. The summed E-state index contributed by atoms with van der Waals surface area (Å²) in [7, 11) is 0. The molecule has 1 aromatic carbocycles. The number of aromatic carboxylic acids is 1. The Hall–Kier alpha value is -2.15. The van der Waals surface area contributed by atoms with E-state index in [9.17, 15) is 14.9 Å². The Morgan fingerprint density at radius 3 is 2.90 bits per heavy atom. The molecule has 1 saturated heterocycles. The predicted octanol–water partition coefficient (Wildman–Crippen LogP) is 2.27. The van der Waals surface area contributed by atoms with E-state index in [1.165, 1.54) is 18.2 Å². The van der Waals surface area contributed by atoms with Gasteiger partial charge in [0.15, 0.2) is 0 Å². The van der Waals surface area contributed by atoms with Gasteiger partial charge in [-0.3, -0.25) is 10.1 Å². The minimum absolute atomic E-state index is 0.0294. The zero-order chi connectivity index (χ0) is 14.8. The fourth-order valence-electron chi connectivity index (χ4n) is 2.31. The first-order valence-electron chi connectivity index (χ1n) is 6.31. The number of hydrogen-bond donors (Lipinski definition) is 2. The average Bonchev–Trinajstić information content (AvgIpc) is 2.83. The molecule has 2 rings (SSSR count). The monoisotopic (exact) mass is 280 g/mol. The molecule has 1 aliphatic heterocycles. The normalized spacial score (nSPS) is 21.6. The van der Waals surface area contributed by atoms with Crippen LogP contribution in [0, 0.1) is 10.1 Å². The van der Waals surface area contributed by atoms with E-state index in [2.05, 4.69) is 5.32 Å². The number of nitrogens with one attached hydrogen (secondary N) is 1. The zero-order valence-corrected chi connectivity index (χ0v) is 11.1. The SMILES string of the molecule is CC1(CNc2c(C(=O)O)cccc2[N+](=O)[O-])CCCO1. The topological polar surface area (TPSA) is 102 Å². The molecule has 0 aliphatic carbocycles. The number of nitro benzene ring substituents is 1. The molecule has 0 aromatic heterocycles. The maximum Gasteiger partial charge on any atom is 0.338 e. The fourth-order valence-corrected chi connectivity index (χ4v) is 2.31. The Kier molecular flexibility index (Phi) is 3.89. The zero-order valence-electron chi connectivity index (χ0n) is 11.1. The second kappa shape index (κ2) is 5.46. The number of rotatable bonds is 5. The lowest BCUT2D eigenvalue weighted by atomic mass is 10.0. The van der Waals surface area contributed by atoms with Crippen LogP contribution >= 0.6 is 0 Å². The highest BCUT2D eigenvalue weighted by molar-refractivity contribution is 5.96. The highest BCUT2D eigenvalue weighted by Crippen LogP contribution is 2.31. The summed E-state index contributed by atoms with van der Waals surface area (Å²) in [6.45, 7) is 2.89. The Bertz CT molecular complexity index is 505. The number of benzene rings is 1. The van der Waals surface area contributed by atoms with Crippen molar-refractivity contribution in [3.05, 3.63) is 33.9 Å². The van der Waals surface area contributed by atoms with Gasteiger partial charge in [0.25, 0.3) is 5.69 Å². The van der Waals surface area contributed by atoms with Crippen molar-refractivity contribution in [3.63, 3.8) is 0 Å². The average molecular weight is 280 g/mol. The van der Waals surface area contributed by atoms with Crippen molar-refractivity contribution < 1.29 is 19.6 Å². The summed E-state index contributed by atoms with van der Waals surface area (Å²) < 4.78 is 5.58. The van der Waals surface area contributed by atoms with E-state index >= 15 is 0 Å². The number of carboxylic acid groups (broad SMARTS) is 1. The van der Waals surface area contributed by atoms with Crippen molar-refractivity contribution >= 4 is 17.3 Å². The van der Waals surface area contributed by atoms with Crippen molar-refractivity contribution in [2.45, 2.75) is 25.4 Å². The molecule has 0 spiro atoms. The molecule has 7 heteroatoms. The predicted molar refractivity (Wildman–Crippen MR) is 72.1 cm³/mol. The third kappa shape index (κ3) is 2.88. The molecule has 0 bridgehead atoms. The van der Waals surface area contributed by atoms with Gasteiger partial charge in [0.05, 0.1) is 16.1 Å². The molecule has 0 saturated carbocycles. The van der Waals surface area contributed by atoms with Gasteiger partial charge in [-0.25, -0.2) is 4.79 Å². The molecule has 20 heavy (non-hydrogen) atoms. The Morgan fingerprint density at radius 2 is 2.35 bits per heavy atom. The standard InChI is InChI=1S/C13H16N2O5/c1-13(6-3-7-20-13)8-14-11-9(12(16)17)4-2-5-10(11)15(18)19/h2,4-5,14H,3,6-8H2,1H3,(H,16,17). The molecule has 1 fully saturated rings. The molecule has 1 aromatic rings. The van der Waals surface area contributed by atoms with E-state index in [-0.39, 0.29) is 16.9 Å². The summed E-state index contributed by atoms with van der Waals surface area (Å²) >= 11 is 0. The molecule has 1 unspecified atom stereocenters. The number of carbonyl (C=O) groups is 1. The van der Waals surface area contributed by atoms with Gasteiger partial charge < -0.3 is 15.2 Å². The number of hydrogen-bond acceptors (Lipinski definition) is 5. The second-order valence-corrected chi connectivity index (χ2v) is 5.02. The molecule has 1 atom stereocenters. The lowest BCUT2D eigenvalue weighted by Crippen LogP contribution is -2.33. The summed E-state index contributed by atoms with van der Waals surface area (Å²) in [5, 5.41) is 23.0. The molecule has 2 N–H and O–H groups in total. The minimum Gasteiger partial charge on any atom is -0.478 e. The maximum absolute atomic E-state index is 11.2. The van der Waals surface area contributed by atoms with Crippen LogP contribution in [-0.2, 0) is 4.74 Å². The first-order valence-corrected chi connectivity index (χ1v) is 6.31. The fraction of sp³-hybridized carbons (Fsp3) is 0.462. The summed E-state index contributed by atoms with van der Waals surface area (Å²) in [4.78, 5) is 21.6. The minimum atomic E-state index is -1.20. The summed E-state index contributed by atoms with van der Waals surface area (Å²) in [5.74, 6) is -1.20. The summed E-state index contributed by atoms with van der Waals surface area (Å²) in [6.07, 6.45) is 1.77. The third-order valence-corrected chi connectivity index (χ3v) is 3.41. The van der Waals surface area contributed by atoms with Gasteiger partial charge >= 0.3 is 5.97 Å². The molecular weight excluding hydrogens is 264 g/mol. The number of carboxylic acids is 1. The van der Waals surface area contributed by atoms with Crippen LogP contribution in [0.2, 0.25) is 0 Å². The third-order valence-electron chi connectivity index (χ3n) is 3.41. The van der Waals surface area contributed by atoms with Gasteiger partial charge in [-0.1, -0.05) is 6.07 Å². The van der Waals surface area contributed by atoms with Crippen molar-refractivity contribution in [1.29, 1.82) is 0 Å². The van der Waals surface area contributed by atoms with Crippen molar-refractivity contribution in [2.24, 2.45) is 0 Å². The van der Waals surface area contributed by atoms with Gasteiger partial charge in [0.1, 0.15) is 5.69 Å². The van der Waals surface area contributed by atoms with E-state index in [0.717, 1.165) is 12.8 Å². The number of ether oxygens (including phenoxy) is 1. The van der Waals surface area contributed by atoms with Crippen molar-refractivity contribution in [3.8, 4) is 0 Å². The molecule has 7 nitrogen and oxygen atoms in total. The second-order valence-electron chi connectivity index (χ2n) is 5.02. The number of nitro groups is 1. The van der Waals surface area contributed by atoms with Crippen LogP contribution in [0.25, 0.3) is 0 Å². The van der Waals surface area contributed by atoms with Crippen LogP contribution < -0.4 is 5.32 Å². The van der Waals surface area contributed by atoms with Gasteiger partial charge in [-0.15, -0.1) is 0 Å². The summed E-state index contributed by atoms with van der Waals surface area (Å²) in [6, 6.07) is 3.99. The highest BCUT2D eigenvalue weighted by atomic mass is 16.6. The van der Waals surface area contributed by atoms with Gasteiger partial charge in [-0.05, 0) is 25.8 Å². The van der Waals surface area contributed by atoms with E-state index in [1.54, 1.807) is 0 Å². The highest BCUT2D eigenvalue weighted by Gasteiger charge is 2.31. The molecule has 1 aliphatic rings. The smallest absolute Gasteiger partial charge is 0.338 e. The van der Waals surface area contributed by atoms with Crippen LogP contribution in [-0.4, -0.2) is 34.8 Å². The molecule has 108 valence electrons. The Labute approximate surface area is 115 Å². The molecule has 0 amide bonds. The van der Waals surface area contributed by atoms with E-state index in [4.69, 9.17) is 9.84 Å². The first kappa shape index (κ1) is 14.3. The van der Waals surface area contributed by atoms with Crippen LogP contribution in [0.3, 0.4) is 0 Å². The van der Waals surface area contributed by atoms with Crippen LogP contribution in [0.5, 0.6) is 0 Å². The van der Waals surface area contributed by atoms with Crippen molar-refractivity contribution in [2.75, 3.05) is 18.5 Å². The lowest BCUT2D eigenvalue weighted by Gasteiger charge is -2.24. The van der Waals surface area contributed by atoms with E-state index < -0.39 is 16.5 Å². The molecular formula is C13H16N2O5. The van der Waals surface area contributed by atoms with Crippen LogP contribution in [0.1, 0.15) is 30.1 Å². The number of para-hydroxylation sites is 1. The molecule has 1 heterocycles. The Balaban J connectivity index is 2.28. The van der Waals surface area contributed by atoms with Gasteiger partial charge in [0, 0.05) is 19.2 Å².